The van der Waals surface area contributed by atoms with Gasteiger partial charge >= 0.3 is 0 Å². The first-order valence-corrected chi connectivity index (χ1v) is 5.29. The average molecular weight is 230 g/mol. The lowest BCUT2D eigenvalue weighted by Gasteiger charge is -2.20. The molecule has 0 aliphatic rings. The van der Waals surface area contributed by atoms with Gasteiger partial charge in [-0.25, -0.2) is 9.97 Å². The van der Waals surface area contributed by atoms with Gasteiger partial charge in [0, 0.05) is 6.07 Å². The number of hydrogen-bond acceptors (Lipinski definition) is 4. The van der Waals surface area contributed by atoms with Crippen molar-refractivity contribution in [2.24, 2.45) is 5.92 Å². The van der Waals surface area contributed by atoms with Gasteiger partial charge < -0.3 is 10.4 Å². The number of aryl methyl sites for hydroxylation is 1. The zero-order chi connectivity index (χ0) is 11.4. The average Bonchev–Trinajstić information content (AvgIpc) is 2.12. The summed E-state index contributed by atoms with van der Waals surface area (Å²) in [4.78, 5) is 8.15. The van der Waals surface area contributed by atoms with Crippen molar-refractivity contribution >= 4 is 17.4 Å². The maximum atomic E-state index is 9.16. The molecule has 1 aromatic rings. The van der Waals surface area contributed by atoms with E-state index in [-0.39, 0.29) is 12.6 Å². The Hall–Kier alpha value is -0.870. The van der Waals surface area contributed by atoms with Gasteiger partial charge in [0.25, 0.3) is 0 Å². The number of nitrogens with zero attached hydrogens (tertiary/aromatic N) is 2. The molecule has 4 nitrogen and oxygen atoms in total. The number of halogens is 1. The highest BCUT2D eigenvalue weighted by Crippen LogP contribution is 2.14. The van der Waals surface area contributed by atoms with Crippen molar-refractivity contribution in [3.8, 4) is 0 Å². The Bertz CT molecular complexity index is 310. The number of aromatic nitrogens is 2. The molecule has 0 unspecified atom stereocenters. The van der Waals surface area contributed by atoms with Gasteiger partial charge in [-0.1, -0.05) is 25.4 Å². The fraction of sp³-hybridized carbons (Fsp3) is 0.600. The smallest absolute Gasteiger partial charge is 0.134 e. The molecule has 0 aromatic carbocycles. The van der Waals surface area contributed by atoms with Crippen LogP contribution in [0.15, 0.2) is 6.07 Å². The van der Waals surface area contributed by atoms with Crippen LogP contribution in [0.1, 0.15) is 19.7 Å². The Kier molecular flexibility index (Phi) is 4.29. The summed E-state index contributed by atoms with van der Waals surface area (Å²) < 4.78 is 0. The Labute approximate surface area is 94.7 Å². The predicted octanol–water partition coefficient (Wildman–Crippen LogP) is 1.87. The van der Waals surface area contributed by atoms with Gasteiger partial charge in [0.2, 0.25) is 0 Å². The maximum Gasteiger partial charge on any atom is 0.134 e. The number of nitrogens with one attached hydrogen (secondary N) is 1. The molecular formula is C10H16ClN3O. The van der Waals surface area contributed by atoms with Gasteiger partial charge in [-0.05, 0) is 12.8 Å². The van der Waals surface area contributed by atoms with E-state index in [1.54, 1.807) is 13.0 Å². The van der Waals surface area contributed by atoms with Crippen LogP contribution >= 0.6 is 11.6 Å². The third-order valence-corrected chi connectivity index (χ3v) is 2.34. The van der Waals surface area contributed by atoms with E-state index in [4.69, 9.17) is 16.7 Å². The first-order valence-electron chi connectivity index (χ1n) is 4.91. The highest BCUT2D eigenvalue weighted by atomic mass is 35.5. The van der Waals surface area contributed by atoms with Crippen LogP contribution in [0.2, 0.25) is 5.15 Å². The molecule has 0 saturated carbocycles. The van der Waals surface area contributed by atoms with E-state index in [0.717, 1.165) is 0 Å². The number of hydrogen-bond donors (Lipinski definition) is 2. The van der Waals surface area contributed by atoms with Crippen LogP contribution in [-0.2, 0) is 0 Å². The maximum absolute atomic E-state index is 9.16. The van der Waals surface area contributed by atoms with Crippen molar-refractivity contribution in [2.45, 2.75) is 26.8 Å². The minimum Gasteiger partial charge on any atom is -0.394 e. The molecule has 0 bridgehead atoms. The molecule has 15 heavy (non-hydrogen) atoms. The molecule has 0 amide bonds. The second-order valence-electron chi connectivity index (χ2n) is 3.80. The number of anilines is 1. The summed E-state index contributed by atoms with van der Waals surface area (Å²) in [7, 11) is 0. The van der Waals surface area contributed by atoms with Crippen molar-refractivity contribution in [3.05, 3.63) is 17.0 Å². The topological polar surface area (TPSA) is 58.0 Å². The monoisotopic (exact) mass is 229 g/mol. The van der Waals surface area contributed by atoms with E-state index < -0.39 is 0 Å². The third-order valence-electron chi connectivity index (χ3n) is 2.14. The zero-order valence-corrected chi connectivity index (χ0v) is 9.91. The van der Waals surface area contributed by atoms with Crippen LogP contribution in [0.5, 0.6) is 0 Å². The summed E-state index contributed by atoms with van der Waals surface area (Å²) in [5, 5.41) is 12.7. The molecule has 1 rings (SSSR count). The van der Waals surface area contributed by atoms with Crippen molar-refractivity contribution in [3.63, 3.8) is 0 Å². The van der Waals surface area contributed by atoms with Crippen molar-refractivity contribution in [2.75, 3.05) is 11.9 Å². The fourth-order valence-electron chi connectivity index (χ4n) is 1.22. The molecule has 0 saturated heterocycles. The summed E-state index contributed by atoms with van der Waals surface area (Å²) in [6.07, 6.45) is 0. The molecule has 0 aliphatic heterocycles. The van der Waals surface area contributed by atoms with Crippen molar-refractivity contribution in [1.82, 2.24) is 9.97 Å². The molecule has 0 radical (unpaired) electrons. The standard InChI is InChI=1S/C10H16ClN3O/c1-6(2)8(5-15)14-10-4-9(11)12-7(3)13-10/h4,6,8,15H,5H2,1-3H3,(H,12,13,14)/t8-/m1/s1. The SMILES string of the molecule is Cc1nc(Cl)cc(N[C@H](CO)C(C)C)n1. The van der Waals surface area contributed by atoms with Crippen molar-refractivity contribution in [1.29, 1.82) is 0 Å². The van der Waals surface area contributed by atoms with Crippen LogP contribution in [0.25, 0.3) is 0 Å². The minimum atomic E-state index is -0.0182. The van der Waals surface area contributed by atoms with E-state index in [0.29, 0.717) is 22.7 Å². The van der Waals surface area contributed by atoms with Gasteiger partial charge in [0.1, 0.15) is 16.8 Å². The summed E-state index contributed by atoms with van der Waals surface area (Å²) in [6.45, 7) is 5.91. The summed E-state index contributed by atoms with van der Waals surface area (Å²) in [5.74, 6) is 1.59. The Morgan fingerprint density at radius 1 is 1.47 bits per heavy atom. The third kappa shape index (κ3) is 3.64. The molecule has 0 fully saturated rings. The van der Waals surface area contributed by atoms with Crippen LogP contribution < -0.4 is 5.32 Å². The molecule has 0 aliphatic carbocycles. The largest absolute Gasteiger partial charge is 0.394 e. The Balaban J connectivity index is 2.79. The first kappa shape index (κ1) is 12.2. The second-order valence-corrected chi connectivity index (χ2v) is 4.19. The molecule has 5 heteroatoms. The minimum absolute atomic E-state index is 0.0182. The van der Waals surface area contributed by atoms with E-state index in [1.807, 2.05) is 13.8 Å². The molecule has 1 atom stereocenters. The lowest BCUT2D eigenvalue weighted by molar-refractivity contribution is 0.249. The van der Waals surface area contributed by atoms with Gasteiger partial charge in [-0.15, -0.1) is 0 Å². The van der Waals surface area contributed by atoms with E-state index >= 15 is 0 Å². The normalized spacial score (nSPS) is 12.9. The quantitative estimate of drug-likeness (QED) is 0.774. The highest BCUT2D eigenvalue weighted by molar-refractivity contribution is 6.29. The van der Waals surface area contributed by atoms with Crippen molar-refractivity contribution < 1.29 is 5.11 Å². The number of aliphatic hydroxyl groups excluding tert-OH is 1. The van der Waals surface area contributed by atoms with E-state index in [1.165, 1.54) is 0 Å². The van der Waals surface area contributed by atoms with Crippen LogP contribution in [0.4, 0.5) is 5.82 Å². The molecule has 1 aromatic heterocycles. The van der Waals surface area contributed by atoms with Gasteiger partial charge in [-0.2, -0.15) is 0 Å². The van der Waals surface area contributed by atoms with Crippen LogP contribution in [-0.4, -0.2) is 27.7 Å². The van der Waals surface area contributed by atoms with Gasteiger partial charge in [0.15, 0.2) is 0 Å². The van der Waals surface area contributed by atoms with E-state index in [9.17, 15) is 0 Å². The Morgan fingerprint density at radius 2 is 2.13 bits per heavy atom. The van der Waals surface area contributed by atoms with Gasteiger partial charge in [-0.3, -0.25) is 0 Å². The summed E-state index contributed by atoms with van der Waals surface area (Å²) in [6, 6.07) is 1.63. The predicted molar refractivity (Wildman–Crippen MR) is 61.1 cm³/mol. The van der Waals surface area contributed by atoms with Crippen LogP contribution in [0.3, 0.4) is 0 Å². The molecule has 2 N–H and O–H groups in total. The number of aliphatic hydroxyl groups is 1. The highest BCUT2D eigenvalue weighted by Gasteiger charge is 2.12. The zero-order valence-electron chi connectivity index (χ0n) is 9.16. The summed E-state index contributed by atoms with van der Waals surface area (Å²) in [5.41, 5.74) is 0. The van der Waals surface area contributed by atoms with Crippen LogP contribution in [0, 0.1) is 12.8 Å². The second kappa shape index (κ2) is 5.28. The van der Waals surface area contributed by atoms with E-state index in [2.05, 4.69) is 15.3 Å². The molecular weight excluding hydrogens is 214 g/mol. The first-order chi connectivity index (χ1) is 7.02. The lowest BCUT2D eigenvalue weighted by Crippen LogP contribution is -2.29. The summed E-state index contributed by atoms with van der Waals surface area (Å²) >= 11 is 5.80. The molecule has 1 heterocycles. The Morgan fingerprint density at radius 3 is 2.60 bits per heavy atom. The fourth-order valence-corrected chi connectivity index (χ4v) is 1.44. The van der Waals surface area contributed by atoms with Gasteiger partial charge in [0.05, 0.1) is 12.6 Å². The number of rotatable bonds is 4. The molecule has 84 valence electrons. The lowest BCUT2D eigenvalue weighted by atomic mass is 10.1. The molecule has 0 spiro atoms.